The minimum absolute atomic E-state index is 0.0711. The zero-order chi connectivity index (χ0) is 10.8. The molecule has 3 nitrogen and oxygen atoms in total. The molecule has 0 atom stereocenters. The predicted octanol–water partition coefficient (Wildman–Crippen LogP) is 1.39. The molecule has 0 aromatic heterocycles. The van der Waals surface area contributed by atoms with Crippen LogP contribution in [0.25, 0.3) is 0 Å². The summed E-state index contributed by atoms with van der Waals surface area (Å²) < 4.78 is 24.3. The van der Waals surface area contributed by atoms with Crippen molar-refractivity contribution in [2.45, 2.75) is 12.7 Å². The molecule has 1 rings (SSSR count). The van der Waals surface area contributed by atoms with Gasteiger partial charge in [0.05, 0.1) is 5.75 Å². The van der Waals surface area contributed by atoms with Crippen molar-refractivity contribution in [3.8, 4) is 0 Å². The molecule has 0 saturated carbocycles. The highest BCUT2D eigenvalue weighted by Crippen LogP contribution is 2.09. The van der Waals surface area contributed by atoms with E-state index in [-0.39, 0.29) is 5.75 Å². The van der Waals surface area contributed by atoms with E-state index in [4.69, 9.17) is 0 Å². The Hall–Kier alpha value is -0.870. The summed E-state index contributed by atoms with van der Waals surface area (Å²) in [5, 5.41) is 0. The minimum Gasteiger partial charge on any atom is -0.212 e. The highest BCUT2D eigenvalue weighted by Gasteiger charge is 2.13. The molecule has 0 aliphatic heterocycles. The summed E-state index contributed by atoms with van der Waals surface area (Å²) in [4.78, 5) is 0. The van der Waals surface area contributed by atoms with Crippen LogP contribution < -0.4 is 0 Å². The van der Waals surface area contributed by atoms with E-state index >= 15 is 0 Å². The van der Waals surface area contributed by atoms with E-state index in [1.807, 2.05) is 31.2 Å². The van der Waals surface area contributed by atoms with E-state index in [1.54, 1.807) is 14.1 Å². The lowest BCUT2D eigenvalue weighted by atomic mass is 10.2. The minimum atomic E-state index is -3.13. The van der Waals surface area contributed by atoms with Gasteiger partial charge in [-0.1, -0.05) is 29.8 Å². The van der Waals surface area contributed by atoms with Crippen LogP contribution in [-0.2, 0) is 15.8 Å². The van der Waals surface area contributed by atoms with Gasteiger partial charge in [-0.3, -0.25) is 0 Å². The van der Waals surface area contributed by atoms with E-state index in [1.165, 1.54) is 4.31 Å². The number of hydrogen-bond acceptors (Lipinski definition) is 2. The fraction of sp³-hybridized carbons (Fsp3) is 0.400. The molecule has 1 aromatic rings. The van der Waals surface area contributed by atoms with E-state index in [2.05, 4.69) is 0 Å². The van der Waals surface area contributed by atoms with Gasteiger partial charge in [0.2, 0.25) is 10.0 Å². The summed E-state index contributed by atoms with van der Waals surface area (Å²) in [7, 11) is -0.0412. The second-order valence-electron chi connectivity index (χ2n) is 3.53. The summed E-state index contributed by atoms with van der Waals surface area (Å²) in [5.74, 6) is 0.0711. The molecule has 0 aliphatic carbocycles. The van der Waals surface area contributed by atoms with Crippen molar-refractivity contribution in [3.63, 3.8) is 0 Å². The third-order valence-electron chi connectivity index (χ3n) is 1.99. The van der Waals surface area contributed by atoms with Gasteiger partial charge in [-0.2, -0.15) is 0 Å². The fourth-order valence-corrected chi connectivity index (χ4v) is 2.00. The van der Waals surface area contributed by atoms with Crippen LogP contribution in [0.5, 0.6) is 0 Å². The lowest BCUT2D eigenvalue weighted by molar-refractivity contribution is 0.520. The van der Waals surface area contributed by atoms with Crippen LogP contribution in [0, 0.1) is 6.92 Å². The highest BCUT2D eigenvalue weighted by molar-refractivity contribution is 7.88. The zero-order valence-corrected chi connectivity index (χ0v) is 9.50. The Morgan fingerprint density at radius 2 is 1.93 bits per heavy atom. The van der Waals surface area contributed by atoms with E-state index < -0.39 is 10.0 Å². The number of hydrogen-bond donors (Lipinski definition) is 0. The molecule has 4 heteroatoms. The van der Waals surface area contributed by atoms with Gasteiger partial charge in [-0.15, -0.1) is 0 Å². The van der Waals surface area contributed by atoms with Crippen LogP contribution in [0.1, 0.15) is 11.1 Å². The molecule has 0 fully saturated rings. The maximum absolute atomic E-state index is 11.5. The van der Waals surface area contributed by atoms with Gasteiger partial charge in [-0.25, -0.2) is 12.7 Å². The SMILES string of the molecule is Cc1cccc(CS(=O)(=O)N(C)C)c1. The third kappa shape index (κ3) is 2.82. The summed E-state index contributed by atoms with van der Waals surface area (Å²) in [6, 6.07) is 7.54. The topological polar surface area (TPSA) is 37.4 Å². The highest BCUT2D eigenvalue weighted by atomic mass is 32.2. The third-order valence-corrected chi connectivity index (χ3v) is 3.80. The summed E-state index contributed by atoms with van der Waals surface area (Å²) in [6.45, 7) is 1.95. The first-order valence-electron chi connectivity index (χ1n) is 4.37. The Labute approximate surface area is 85.4 Å². The summed E-state index contributed by atoms with van der Waals surface area (Å²) in [6.07, 6.45) is 0. The van der Waals surface area contributed by atoms with Crippen molar-refractivity contribution in [2.24, 2.45) is 0 Å². The summed E-state index contributed by atoms with van der Waals surface area (Å²) >= 11 is 0. The maximum atomic E-state index is 11.5. The Morgan fingerprint density at radius 3 is 2.43 bits per heavy atom. The van der Waals surface area contributed by atoms with Gasteiger partial charge in [0.25, 0.3) is 0 Å². The Kier molecular flexibility index (Phi) is 3.29. The van der Waals surface area contributed by atoms with Crippen LogP contribution in [-0.4, -0.2) is 26.8 Å². The first-order valence-corrected chi connectivity index (χ1v) is 5.98. The molecule has 1 aromatic carbocycles. The van der Waals surface area contributed by atoms with Gasteiger partial charge in [0.15, 0.2) is 0 Å². The van der Waals surface area contributed by atoms with Crippen molar-refractivity contribution in [3.05, 3.63) is 35.4 Å². The number of sulfonamides is 1. The Bertz CT molecular complexity index is 410. The molecule has 0 spiro atoms. The van der Waals surface area contributed by atoms with Gasteiger partial charge in [0.1, 0.15) is 0 Å². The number of benzene rings is 1. The Balaban J connectivity index is 2.90. The molecule has 14 heavy (non-hydrogen) atoms. The van der Waals surface area contributed by atoms with Gasteiger partial charge in [0, 0.05) is 14.1 Å². The van der Waals surface area contributed by atoms with Crippen LogP contribution in [0.4, 0.5) is 0 Å². The average Bonchev–Trinajstić information content (AvgIpc) is 2.02. The molecule has 0 saturated heterocycles. The predicted molar refractivity (Wildman–Crippen MR) is 57.5 cm³/mol. The van der Waals surface area contributed by atoms with E-state index in [0.717, 1.165) is 11.1 Å². The molecule has 0 aliphatic rings. The lowest BCUT2D eigenvalue weighted by Crippen LogP contribution is -2.23. The molecular formula is C10H15NO2S. The number of rotatable bonds is 3. The molecule has 0 amide bonds. The van der Waals surface area contributed by atoms with Crippen molar-refractivity contribution in [1.82, 2.24) is 4.31 Å². The van der Waals surface area contributed by atoms with Crippen LogP contribution >= 0.6 is 0 Å². The fourth-order valence-electron chi connectivity index (χ4n) is 1.14. The van der Waals surface area contributed by atoms with Crippen molar-refractivity contribution < 1.29 is 8.42 Å². The molecular weight excluding hydrogens is 198 g/mol. The van der Waals surface area contributed by atoms with Crippen molar-refractivity contribution >= 4 is 10.0 Å². The van der Waals surface area contributed by atoms with Gasteiger partial charge in [-0.05, 0) is 12.5 Å². The standard InChI is InChI=1S/C10H15NO2S/c1-9-5-4-6-10(7-9)8-14(12,13)11(2)3/h4-7H,8H2,1-3H3. The Morgan fingerprint density at radius 1 is 1.29 bits per heavy atom. The molecule has 0 unspecified atom stereocenters. The molecule has 78 valence electrons. The van der Waals surface area contributed by atoms with Crippen LogP contribution in [0.15, 0.2) is 24.3 Å². The average molecular weight is 213 g/mol. The molecule has 0 heterocycles. The second-order valence-corrected chi connectivity index (χ2v) is 5.71. The molecule has 0 N–H and O–H groups in total. The van der Waals surface area contributed by atoms with E-state index in [9.17, 15) is 8.42 Å². The number of nitrogens with zero attached hydrogens (tertiary/aromatic N) is 1. The molecule has 0 bridgehead atoms. The zero-order valence-electron chi connectivity index (χ0n) is 8.69. The monoisotopic (exact) mass is 213 g/mol. The maximum Gasteiger partial charge on any atom is 0.217 e. The van der Waals surface area contributed by atoms with Gasteiger partial charge >= 0.3 is 0 Å². The quantitative estimate of drug-likeness (QED) is 0.761. The van der Waals surface area contributed by atoms with Crippen LogP contribution in [0.2, 0.25) is 0 Å². The van der Waals surface area contributed by atoms with Crippen LogP contribution in [0.3, 0.4) is 0 Å². The van der Waals surface area contributed by atoms with Gasteiger partial charge < -0.3 is 0 Å². The largest absolute Gasteiger partial charge is 0.217 e. The summed E-state index contributed by atoms with van der Waals surface area (Å²) in [5.41, 5.74) is 1.91. The second kappa shape index (κ2) is 4.11. The lowest BCUT2D eigenvalue weighted by Gasteiger charge is -2.11. The number of aryl methyl sites for hydroxylation is 1. The first-order chi connectivity index (χ1) is 6.42. The van der Waals surface area contributed by atoms with Crippen molar-refractivity contribution in [2.75, 3.05) is 14.1 Å². The van der Waals surface area contributed by atoms with Crippen molar-refractivity contribution in [1.29, 1.82) is 0 Å². The smallest absolute Gasteiger partial charge is 0.212 e. The normalized spacial score (nSPS) is 12.0. The van der Waals surface area contributed by atoms with E-state index in [0.29, 0.717) is 0 Å². The first kappa shape index (κ1) is 11.2. The molecule has 0 radical (unpaired) electrons.